The fraction of sp³-hybridized carbons (Fsp3) is 0.469. The van der Waals surface area contributed by atoms with E-state index in [2.05, 4.69) is 51.5 Å². The summed E-state index contributed by atoms with van der Waals surface area (Å²) in [6.45, 7) is 8.94. The number of ether oxygens (including phenoxy) is 3. The smallest absolute Gasteiger partial charge is 0.250 e. The summed E-state index contributed by atoms with van der Waals surface area (Å²) in [6, 6.07) is 6.49. The molecule has 1 amide bonds. The molecule has 4 aliphatic heterocycles. The lowest BCUT2D eigenvalue weighted by Crippen LogP contribution is -2.42. The number of hydrogen-bond donors (Lipinski definition) is 2. The predicted octanol–water partition coefficient (Wildman–Crippen LogP) is 3.19. The Balaban J connectivity index is 1.28. The first kappa shape index (κ1) is 28.0. The second-order valence-electron chi connectivity index (χ2n) is 10.7. The standard InChI is InChI=1S/C32H40N4O4/c1-4-30-25(20-23(2)33-26-10-12-35(13-11-26)14-17-38-3)21-24-6-5-7-28(32(24)40-30)29-9-8-27(22-31(37)34-29)36-15-18-39-19-16-36/h1,5-7,9,20,22,26,33H,8,10-19,21H2,2-3H3,(H,34,37)/b23-20+. The molecule has 5 rings (SSSR count). The number of nitrogens with zero attached hydrogens (tertiary/aromatic N) is 2. The zero-order valence-electron chi connectivity index (χ0n) is 23.6. The summed E-state index contributed by atoms with van der Waals surface area (Å²) in [5.74, 6) is 3.85. The Morgan fingerprint density at radius 2 is 2.05 bits per heavy atom. The van der Waals surface area contributed by atoms with E-state index in [1.54, 1.807) is 13.2 Å². The number of carbonyl (C=O) groups is 1. The Kier molecular flexibility index (Phi) is 9.27. The third-order valence-electron chi connectivity index (χ3n) is 7.90. The van der Waals surface area contributed by atoms with Crippen molar-refractivity contribution < 1.29 is 19.0 Å². The van der Waals surface area contributed by atoms with E-state index in [4.69, 9.17) is 20.6 Å². The van der Waals surface area contributed by atoms with E-state index in [1.807, 2.05) is 12.1 Å². The van der Waals surface area contributed by atoms with Crippen LogP contribution in [0.4, 0.5) is 0 Å². The number of rotatable bonds is 8. The molecule has 2 saturated heterocycles. The van der Waals surface area contributed by atoms with Crippen molar-refractivity contribution in [3.8, 4) is 18.1 Å². The minimum Gasteiger partial charge on any atom is -0.447 e. The van der Waals surface area contributed by atoms with Crippen LogP contribution in [0.1, 0.15) is 37.3 Å². The van der Waals surface area contributed by atoms with Crippen molar-refractivity contribution in [2.75, 3.05) is 59.7 Å². The van der Waals surface area contributed by atoms with Crippen molar-refractivity contribution in [1.82, 2.24) is 20.4 Å². The second-order valence-corrected chi connectivity index (χ2v) is 10.7. The molecule has 0 unspecified atom stereocenters. The van der Waals surface area contributed by atoms with Crippen LogP contribution in [0, 0.1) is 12.3 Å². The maximum atomic E-state index is 12.8. The highest BCUT2D eigenvalue weighted by molar-refractivity contribution is 5.96. The number of amides is 1. The molecule has 0 bridgehead atoms. The number of para-hydroxylation sites is 1. The monoisotopic (exact) mass is 544 g/mol. The van der Waals surface area contributed by atoms with E-state index in [-0.39, 0.29) is 5.91 Å². The average Bonchev–Trinajstić information content (AvgIpc) is 3.18. The molecular formula is C32H40N4O4. The van der Waals surface area contributed by atoms with Crippen LogP contribution in [0.3, 0.4) is 0 Å². The van der Waals surface area contributed by atoms with Crippen LogP contribution in [0.25, 0.3) is 5.70 Å². The fourth-order valence-corrected chi connectivity index (χ4v) is 5.78. The number of nitrogens with one attached hydrogen (secondary N) is 2. The number of morpholine rings is 1. The van der Waals surface area contributed by atoms with Gasteiger partial charge in [-0.15, -0.1) is 6.42 Å². The number of piperidine rings is 1. The second kappa shape index (κ2) is 13.2. The Hall–Kier alpha value is -3.51. The van der Waals surface area contributed by atoms with Crippen molar-refractivity contribution in [3.05, 3.63) is 70.3 Å². The van der Waals surface area contributed by atoms with Gasteiger partial charge in [0.2, 0.25) is 5.91 Å². The molecule has 8 nitrogen and oxygen atoms in total. The van der Waals surface area contributed by atoms with Gasteiger partial charge < -0.3 is 34.6 Å². The van der Waals surface area contributed by atoms with Crippen LogP contribution in [-0.4, -0.2) is 81.4 Å². The van der Waals surface area contributed by atoms with Gasteiger partial charge >= 0.3 is 0 Å². The van der Waals surface area contributed by atoms with Gasteiger partial charge in [-0.05, 0) is 37.8 Å². The number of allylic oxidation sites excluding steroid dienone is 5. The SMILES string of the molecule is C#CC1=C(/C=C(\C)NC2CCN(CCOC)CC2)Cc2cccc(C3=CCC(N4CCOCC4)=CC(=O)N3)c2O1. The third kappa shape index (κ3) is 6.79. The number of likely N-dealkylation sites (tertiary alicyclic amines) is 1. The number of methoxy groups -OCH3 is 1. The first-order valence-corrected chi connectivity index (χ1v) is 14.2. The molecule has 0 radical (unpaired) electrons. The number of terminal acetylenes is 1. The maximum Gasteiger partial charge on any atom is 0.250 e. The highest BCUT2D eigenvalue weighted by Crippen LogP contribution is 2.37. The van der Waals surface area contributed by atoms with Crippen LogP contribution >= 0.6 is 0 Å². The molecule has 1 aromatic rings. The molecule has 0 aromatic heterocycles. The van der Waals surface area contributed by atoms with Gasteiger partial charge in [0.1, 0.15) is 5.75 Å². The van der Waals surface area contributed by atoms with Gasteiger partial charge in [0, 0.05) is 98.6 Å². The Morgan fingerprint density at radius 1 is 1.25 bits per heavy atom. The zero-order valence-corrected chi connectivity index (χ0v) is 23.6. The number of benzene rings is 1. The summed E-state index contributed by atoms with van der Waals surface area (Å²) in [6.07, 6.45) is 15.3. The van der Waals surface area contributed by atoms with Crippen molar-refractivity contribution in [2.45, 2.75) is 38.6 Å². The lowest BCUT2D eigenvalue weighted by atomic mass is 9.95. The molecule has 212 valence electrons. The summed E-state index contributed by atoms with van der Waals surface area (Å²) in [5.41, 5.74) is 5.69. The molecule has 40 heavy (non-hydrogen) atoms. The van der Waals surface area contributed by atoms with Crippen molar-refractivity contribution >= 4 is 11.6 Å². The number of fused-ring (bicyclic) bond motifs is 1. The Morgan fingerprint density at radius 3 is 2.80 bits per heavy atom. The highest BCUT2D eigenvalue weighted by Gasteiger charge is 2.25. The molecule has 0 spiro atoms. The van der Waals surface area contributed by atoms with Gasteiger partial charge in [-0.3, -0.25) is 4.79 Å². The van der Waals surface area contributed by atoms with Gasteiger partial charge in [-0.25, -0.2) is 0 Å². The summed E-state index contributed by atoms with van der Waals surface area (Å²) < 4.78 is 17.0. The van der Waals surface area contributed by atoms with Crippen LogP contribution in [-0.2, 0) is 20.7 Å². The molecular weight excluding hydrogens is 504 g/mol. The van der Waals surface area contributed by atoms with E-state index in [9.17, 15) is 4.79 Å². The average molecular weight is 545 g/mol. The van der Waals surface area contributed by atoms with E-state index < -0.39 is 0 Å². The largest absolute Gasteiger partial charge is 0.447 e. The van der Waals surface area contributed by atoms with Gasteiger partial charge in [0.25, 0.3) is 0 Å². The first-order valence-electron chi connectivity index (χ1n) is 14.2. The molecule has 0 saturated carbocycles. The van der Waals surface area contributed by atoms with Crippen LogP contribution < -0.4 is 15.4 Å². The lowest BCUT2D eigenvalue weighted by Gasteiger charge is -2.33. The van der Waals surface area contributed by atoms with Gasteiger partial charge in [0.15, 0.2) is 5.76 Å². The summed E-state index contributed by atoms with van der Waals surface area (Å²) in [7, 11) is 1.75. The molecule has 2 N–H and O–H groups in total. The minimum atomic E-state index is -0.138. The van der Waals surface area contributed by atoms with E-state index in [0.717, 1.165) is 86.0 Å². The van der Waals surface area contributed by atoms with Gasteiger partial charge in [-0.1, -0.05) is 18.2 Å². The molecule has 4 heterocycles. The summed E-state index contributed by atoms with van der Waals surface area (Å²) in [4.78, 5) is 17.5. The predicted molar refractivity (Wildman–Crippen MR) is 156 cm³/mol. The summed E-state index contributed by atoms with van der Waals surface area (Å²) >= 11 is 0. The Bertz CT molecular complexity index is 1260. The molecule has 4 aliphatic rings. The minimum absolute atomic E-state index is 0.138. The van der Waals surface area contributed by atoms with Crippen LogP contribution in [0.5, 0.6) is 5.75 Å². The summed E-state index contributed by atoms with van der Waals surface area (Å²) in [5, 5.41) is 6.75. The van der Waals surface area contributed by atoms with Crippen LogP contribution in [0.2, 0.25) is 0 Å². The van der Waals surface area contributed by atoms with E-state index in [1.165, 1.54) is 0 Å². The lowest BCUT2D eigenvalue weighted by molar-refractivity contribution is -0.115. The molecule has 1 aromatic carbocycles. The first-order chi connectivity index (χ1) is 19.5. The van der Waals surface area contributed by atoms with Crippen LogP contribution in [0.15, 0.2) is 59.2 Å². The third-order valence-corrected chi connectivity index (χ3v) is 7.90. The van der Waals surface area contributed by atoms with E-state index >= 15 is 0 Å². The Labute approximate surface area is 237 Å². The highest BCUT2D eigenvalue weighted by atomic mass is 16.5. The molecule has 0 aliphatic carbocycles. The maximum absolute atomic E-state index is 12.8. The quantitative estimate of drug-likeness (QED) is 0.487. The molecule has 8 heteroatoms. The number of hydrogen-bond acceptors (Lipinski definition) is 7. The van der Waals surface area contributed by atoms with Crippen molar-refractivity contribution in [3.63, 3.8) is 0 Å². The van der Waals surface area contributed by atoms with Gasteiger partial charge in [0.05, 0.1) is 19.8 Å². The topological polar surface area (TPSA) is 75.3 Å². The normalized spacial score (nSPS) is 21.0. The molecule has 2 fully saturated rings. The van der Waals surface area contributed by atoms with Crippen molar-refractivity contribution in [2.24, 2.45) is 0 Å². The fourth-order valence-electron chi connectivity index (χ4n) is 5.78. The zero-order chi connectivity index (χ0) is 27.9. The molecule has 0 atom stereocenters. The van der Waals surface area contributed by atoms with Crippen molar-refractivity contribution in [1.29, 1.82) is 0 Å². The van der Waals surface area contributed by atoms with Gasteiger partial charge in [-0.2, -0.15) is 0 Å². The van der Waals surface area contributed by atoms with E-state index in [0.29, 0.717) is 43.6 Å². The number of carbonyl (C=O) groups excluding carboxylic acids is 1.